The van der Waals surface area contributed by atoms with E-state index >= 15 is 0 Å². The molecule has 2 aromatic carbocycles. The van der Waals surface area contributed by atoms with Crippen molar-refractivity contribution in [3.05, 3.63) is 68.9 Å². The molecule has 0 bridgehead atoms. The van der Waals surface area contributed by atoms with Crippen LogP contribution in [0.25, 0.3) is 5.57 Å². The van der Waals surface area contributed by atoms with Crippen LogP contribution in [-0.2, 0) is 17.6 Å². The van der Waals surface area contributed by atoms with Crippen LogP contribution in [0.2, 0.25) is 0 Å². The Kier molecular flexibility index (Phi) is 7.64. The van der Waals surface area contributed by atoms with Crippen LogP contribution < -0.4 is 0 Å². The summed E-state index contributed by atoms with van der Waals surface area (Å²) in [6.07, 6.45) is 3.76. The maximum absolute atomic E-state index is 13.1. The summed E-state index contributed by atoms with van der Waals surface area (Å²) in [5.41, 5.74) is 5.12. The fourth-order valence-electron chi connectivity index (χ4n) is 4.18. The Labute approximate surface area is 186 Å². The van der Waals surface area contributed by atoms with Crippen LogP contribution >= 0.6 is 27.7 Å². The molecule has 2 nitrogen and oxygen atoms in total. The molecule has 0 aromatic heterocycles. The zero-order chi connectivity index (χ0) is 21.0. The molecule has 0 heterocycles. The van der Waals surface area contributed by atoms with Crippen molar-refractivity contribution < 1.29 is 9.90 Å². The molecule has 1 N–H and O–H groups in total. The van der Waals surface area contributed by atoms with Crippen LogP contribution in [0.4, 0.5) is 0 Å². The molecular weight excluding hydrogens is 444 g/mol. The van der Waals surface area contributed by atoms with Gasteiger partial charge in [-0.2, -0.15) is 0 Å². The molecular formula is C25H29BrO2S. The minimum absolute atomic E-state index is 0.0953. The van der Waals surface area contributed by atoms with E-state index in [1.165, 1.54) is 21.6 Å². The van der Waals surface area contributed by atoms with Crippen LogP contribution in [0.15, 0.2) is 51.5 Å². The highest BCUT2D eigenvalue weighted by molar-refractivity contribution is 9.10. The lowest BCUT2D eigenvalue weighted by atomic mass is 9.79. The highest BCUT2D eigenvalue weighted by Crippen LogP contribution is 2.38. The van der Waals surface area contributed by atoms with E-state index in [9.17, 15) is 9.90 Å². The van der Waals surface area contributed by atoms with E-state index in [0.717, 1.165) is 35.1 Å². The van der Waals surface area contributed by atoms with E-state index in [0.29, 0.717) is 18.4 Å². The number of aliphatic hydroxyl groups excluding tert-OH is 1. The Morgan fingerprint density at radius 1 is 1.10 bits per heavy atom. The average Bonchev–Trinajstić information content (AvgIpc) is 2.69. The standard InChI is InChI=1S/C25H29BrO2S/c1-4-18-12-16(3)13-19(5-2)24(18)25-21(27)14-17(15-22(25)28)10-11-29-23-9-7-6-8-20(23)26/h6-9,12-13,17,27H,4-5,10-11,14-15H2,1-3H3. The summed E-state index contributed by atoms with van der Waals surface area (Å²) >= 11 is 5.38. The number of carbonyl (C=O) groups is 1. The predicted octanol–water partition coefficient (Wildman–Crippen LogP) is 7.31. The van der Waals surface area contributed by atoms with Crippen LogP contribution in [0.3, 0.4) is 0 Å². The first-order valence-electron chi connectivity index (χ1n) is 10.4. The summed E-state index contributed by atoms with van der Waals surface area (Å²) in [6, 6.07) is 12.5. The van der Waals surface area contributed by atoms with Gasteiger partial charge in [0.05, 0.1) is 5.57 Å². The molecule has 29 heavy (non-hydrogen) atoms. The summed E-state index contributed by atoms with van der Waals surface area (Å²) in [4.78, 5) is 14.3. The molecule has 0 aliphatic heterocycles. The number of hydrogen-bond acceptors (Lipinski definition) is 3. The Bertz CT molecular complexity index is 907. The Morgan fingerprint density at radius 2 is 1.76 bits per heavy atom. The van der Waals surface area contributed by atoms with Gasteiger partial charge in [0.1, 0.15) is 5.76 Å². The van der Waals surface area contributed by atoms with Crippen molar-refractivity contribution in [2.24, 2.45) is 5.92 Å². The van der Waals surface area contributed by atoms with Gasteiger partial charge in [0.25, 0.3) is 0 Å². The largest absolute Gasteiger partial charge is 0.512 e. The van der Waals surface area contributed by atoms with Gasteiger partial charge < -0.3 is 5.11 Å². The normalized spacial score (nSPS) is 17.1. The topological polar surface area (TPSA) is 37.3 Å². The lowest BCUT2D eigenvalue weighted by Gasteiger charge is -2.26. The number of aryl methyl sites for hydroxylation is 3. The van der Waals surface area contributed by atoms with Crippen LogP contribution in [0.1, 0.15) is 55.4 Å². The fourth-order valence-corrected chi connectivity index (χ4v) is 5.86. The molecule has 0 radical (unpaired) electrons. The number of benzene rings is 2. The second kappa shape index (κ2) is 9.99. The van der Waals surface area contributed by atoms with Gasteiger partial charge in [-0.15, -0.1) is 11.8 Å². The first kappa shape index (κ1) is 22.2. The molecule has 154 valence electrons. The molecule has 3 rings (SSSR count). The monoisotopic (exact) mass is 472 g/mol. The predicted molar refractivity (Wildman–Crippen MR) is 127 cm³/mol. The van der Waals surface area contributed by atoms with Gasteiger partial charge in [-0.05, 0) is 82.6 Å². The second-order valence-electron chi connectivity index (χ2n) is 7.75. The van der Waals surface area contributed by atoms with E-state index in [1.54, 1.807) is 11.8 Å². The van der Waals surface area contributed by atoms with Crippen molar-refractivity contribution in [2.45, 2.75) is 57.8 Å². The van der Waals surface area contributed by atoms with Gasteiger partial charge in [0.15, 0.2) is 5.78 Å². The fraction of sp³-hybridized carbons (Fsp3) is 0.400. The van der Waals surface area contributed by atoms with E-state index in [4.69, 9.17) is 0 Å². The minimum Gasteiger partial charge on any atom is -0.512 e. The van der Waals surface area contributed by atoms with E-state index < -0.39 is 0 Å². The minimum atomic E-state index is 0.0953. The van der Waals surface area contributed by atoms with Crippen molar-refractivity contribution in [1.82, 2.24) is 0 Å². The summed E-state index contributed by atoms with van der Waals surface area (Å²) < 4.78 is 1.10. The molecule has 0 amide bonds. The van der Waals surface area contributed by atoms with Gasteiger partial charge in [0, 0.05) is 22.2 Å². The van der Waals surface area contributed by atoms with E-state index in [2.05, 4.69) is 54.9 Å². The van der Waals surface area contributed by atoms with Crippen LogP contribution in [0, 0.1) is 12.8 Å². The maximum Gasteiger partial charge on any atom is 0.167 e. The Balaban J connectivity index is 1.77. The lowest BCUT2D eigenvalue weighted by Crippen LogP contribution is -2.21. The molecule has 1 unspecified atom stereocenters. The first-order chi connectivity index (χ1) is 13.9. The third-order valence-corrected chi connectivity index (χ3v) is 7.66. The van der Waals surface area contributed by atoms with Crippen molar-refractivity contribution in [3.63, 3.8) is 0 Å². The summed E-state index contributed by atoms with van der Waals surface area (Å²) in [5.74, 6) is 1.53. The smallest absolute Gasteiger partial charge is 0.167 e. The molecule has 4 heteroatoms. The second-order valence-corrected chi connectivity index (χ2v) is 9.74. The first-order valence-corrected chi connectivity index (χ1v) is 12.2. The number of aliphatic hydroxyl groups is 1. The molecule has 0 spiro atoms. The Morgan fingerprint density at radius 3 is 2.34 bits per heavy atom. The quantitative estimate of drug-likeness (QED) is 0.429. The molecule has 2 aromatic rings. The number of thioether (sulfide) groups is 1. The number of ketones is 1. The highest BCUT2D eigenvalue weighted by Gasteiger charge is 2.30. The van der Waals surface area contributed by atoms with E-state index in [1.807, 2.05) is 18.2 Å². The van der Waals surface area contributed by atoms with Crippen molar-refractivity contribution >= 4 is 39.0 Å². The average molecular weight is 473 g/mol. The molecule has 1 atom stereocenters. The molecule has 1 aliphatic carbocycles. The maximum atomic E-state index is 13.1. The summed E-state index contributed by atoms with van der Waals surface area (Å²) in [6.45, 7) is 6.33. The zero-order valence-electron chi connectivity index (χ0n) is 17.4. The van der Waals surface area contributed by atoms with Gasteiger partial charge in [-0.3, -0.25) is 4.79 Å². The number of halogens is 1. The molecule has 0 saturated heterocycles. The van der Waals surface area contributed by atoms with Crippen LogP contribution in [-0.4, -0.2) is 16.6 Å². The molecule has 0 saturated carbocycles. The number of allylic oxidation sites excluding steroid dienone is 2. The molecule has 1 aliphatic rings. The highest BCUT2D eigenvalue weighted by atomic mass is 79.9. The lowest BCUT2D eigenvalue weighted by molar-refractivity contribution is -0.115. The van der Waals surface area contributed by atoms with Crippen molar-refractivity contribution in [1.29, 1.82) is 0 Å². The third-order valence-electron chi connectivity index (χ3n) is 5.60. The summed E-state index contributed by atoms with van der Waals surface area (Å²) in [7, 11) is 0. The van der Waals surface area contributed by atoms with Crippen molar-refractivity contribution in [2.75, 3.05) is 5.75 Å². The SMILES string of the molecule is CCc1cc(C)cc(CC)c1C1=C(O)CC(CCSc2ccccc2Br)CC1=O. The van der Waals surface area contributed by atoms with Gasteiger partial charge in [-0.25, -0.2) is 0 Å². The zero-order valence-corrected chi connectivity index (χ0v) is 19.8. The van der Waals surface area contributed by atoms with E-state index in [-0.39, 0.29) is 17.5 Å². The van der Waals surface area contributed by atoms with Crippen molar-refractivity contribution in [3.8, 4) is 0 Å². The van der Waals surface area contributed by atoms with Gasteiger partial charge in [-0.1, -0.05) is 43.7 Å². The number of rotatable bonds is 7. The Hall–Kier alpha value is -1.52. The number of Topliss-reactive ketones (excluding diaryl/α,β-unsaturated/α-hetero) is 1. The molecule has 0 fully saturated rings. The van der Waals surface area contributed by atoms with Gasteiger partial charge >= 0.3 is 0 Å². The number of carbonyl (C=O) groups excluding carboxylic acids is 1. The number of hydrogen-bond donors (Lipinski definition) is 1. The van der Waals surface area contributed by atoms with Gasteiger partial charge in [0.2, 0.25) is 0 Å². The van der Waals surface area contributed by atoms with Crippen LogP contribution in [0.5, 0.6) is 0 Å². The summed E-state index contributed by atoms with van der Waals surface area (Å²) in [5, 5.41) is 10.9. The third kappa shape index (κ3) is 5.16.